The predicted octanol–water partition coefficient (Wildman–Crippen LogP) is 2.26. The molecule has 1 saturated heterocycles. The first-order valence-electron chi connectivity index (χ1n) is 6.06. The van der Waals surface area contributed by atoms with E-state index in [4.69, 9.17) is 5.73 Å². The third-order valence-corrected chi connectivity index (χ3v) is 3.74. The SMILES string of the molecule is CC(C)CN1CCCC(N)C1c1cscn1. The van der Waals surface area contributed by atoms with Gasteiger partial charge in [0.1, 0.15) is 0 Å². The molecule has 2 rings (SSSR count). The lowest BCUT2D eigenvalue weighted by Gasteiger charge is -2.39. The number of nitrogens with zero attached hydrogens (tertiary/aromatic N) is 2. The number of piperidine rings is 1. The van der Waals surface area contributed by atoms with E-state index in [2.05, 4.69) is 29.1 Å². The summed E-state index contributed by atoms with van der Waals surface area (Å²) in [5.74, 6) is 0.687. The van der Waals surface area contributed by atoms with E-state index in [1.54, 1.807) is 11.3 Å². The van der Waals surface area contributed by atoms with Gasteiger partial charge in [-0.2, -0.15) is 0 Å². The van der Waals surface area contributed by atoms with Crippen LogP contribution in [0.25, 0.3) is 0 Å². The maximum atomic E-state index is 6.26. The van der Waals surface area contributed by atoms with E-state index in [1.165, 1.54) is 6.42 Å². The first kappa shape index (κ1) is 12.0. The summed E-state index contributed by atoms with van der Waals surface area (Å²) in [4.78, 5) is 6.95. The lowest BCUT2D eigenvalue weighted by atomic mass is 9.94. The average molecular weight is 239 g/mol. The van der Waals surface area contributed by atoms with Crippen molar-refractivity contribution in [2.75, 3.05) is 13.1 Å². The van der Waals surface area contributed by atoms with Crippen molar-refractivity contribution in [3.8, 4) is 0 Å². The van der Waals surface area contributed by atoms with Gasteiger partial charge in [0.15, 0.2) is 0 Å². The van der Waals surface area contributed by atoms with Crippen LogP contribution in [0, 0.1) is 5.92 Å². The lowest BCUT2D eigenvalue weighted by Crippen LogP contribution is -2.47. The second kappa shape index (κ2) is 5.25. The van der Waals surface area contributed by atoms with Gasteiger partial charge >= 0.3 is 0 Å². The Morgan fingerprint density at radius 1 is 1.62 bits per heavy atom. The molecule has 1 aliphatic rings. The van der Waals surface area contributed by atoms with Gasteiger partial charge in [-0.15, -0.1) is 11.3 Å². The van der Waals surface area contributed by atoms with E-state index in [0.29, 0.717) is 12.0 Å². The topological polar surface area (TPSA) is 42.1 Å². The molecule has 0 saturated carbocycles. The van der Waals surface area contributed by atoms with Crippen LogP contribution in [0.1, 0.15) is 38.4 Å². The lowest BCUT2D eigenvalue weighted by molar-refractivity contribution is 0.111. The van der Waals surface area contributed by atoms with Crippen LogP contribution in [0.3, 0.4) is 0 Å². The number of thiazole rings is 1. The molecule has 1 aliphatic heterocycles. The van der Waals surface area contributed by atoms with E-state index in [9.17, 15) is 0 Å². The summed E-state index contributed by atoms with van der Waals surface area (Å²) in [5.41, 5.74) is 9.33. The van der Waals surface area contributed by atoms with Gasteiger partial charge in [0, 0.05) is 18.0 Å². The molecule has 0 aliphatic carbocycles. The highest BCUT2D eigenvalue weighted by Gasteiger charge is 2.31. The first-order chi connectivity index (χ1) is 7.68. The normalized spacial score (nSPS) is 27.5. The molecule has 3 nitrogen and oxygen atoms in total. The summed E-state index contributed by atoms with van der Waals surface area (Å²) in [7, 11) is 0. The Morgan fingerprint density at radius 2 is 2.44 bits per heavy atom. The standard InChI is InChI=1S/C12H21N3S/c1-9(2)6-15-5-3-4-10(13)12(15)11-7-16-8-14-11/h7-10,12H,3-6,13H2,1-2H3. The quantitative estimate of drug-likeness (QED) is 0.880. The monoisotopic (exact) mass is 239 g/mol. The van der Waals surface area contributed by atoms with Crippen molar-refractivity contribution >= 4 is 11.3 Å². The molecule has 0 spiro atoms. The number of nitrogens with two attached hydrogens (primary N) is 1. The summed E-state index contributed by atoms with van der Waals surface area (Å²) in [6.07, 6.45) is 2.34. The van der Waals surface area contributed by atoms with E-state index in [0.717, 1.165) is 25.2 Å². The van der Waals surface area contributed by atoms with Gasteiger partial charge in [-0.1, -0.05) is 13.8 Å². The molecule has 1 aromatic heterocycles. The summed E-state index contributed by atoms with van der Waals surface area (Å²) in [6.45, 7) is 6.81. The van der Waals surface area contributed by atoms with E-state index >= 15 is 0 Å². The Balaban J connectivity index is 2.14. The molecule has 0 aromatic carbocycles. The van der Waals surface area contributed by atoms with Crippen LogP contribution in [-0.4, -0.2) is 29.0 Å². The van der Waals surface area contributed by atoms with Crippen molar-refractivity contribution in [1.82, 2.24) is 9.88 Å². The molecular weight excluding hydrogens is 218 g/mol. The molecule has 1 aromatic rings. The highest BCUT2D eigenvalue weighted by atomic mass is 32.1. The second-order valence-electron chi connectivity index (χ2n) is 5.05. The summed E-state index contributed by atoms with van der Waals surface area (Å²) in [5, 5.41) is 2.14. The fourth-order valence-corrected chi connectivity index (χ4v) is 3.13. The van der Waals surface area contributed by atoms with Crippen molar-refractivity contribution in [2.45, 2.75) is 38.8 Å². The third-order valence-electron chi connectivity index (χ3n) is 3.14. The Morgan fingerprint density at radius 3 is 3.06 bits per heavy atom. The zero-order chi connectivity index (χ0) is 11.5. The van der Waals surface area contributed by atoms with Gasteiger partial charge in [0.2, 0.25) is 0 Å². The van der Waals surface area contributed by atoms with Crippen LogP contribution >= 0.6 is 11.3 Å². The number of hydrogen-bond acceptors (Lipinski definition) is 4. The second-order valence-corrected chi connectivity index (χ2v) is 5.77. The molecule has 1 fully saturated rings. The van der Waals surface area contributed by atoms with Crippen LogP contribution in [0.15, 0.2) is 10.9 Å². The van der Waals surface area contributed by atoms with Crippen LogP contribution in [-0.2, 0) is 0 Å². The zero-order valence-corrected chi connectivity index (χ0v) is 10.9. The predicted molar refractivity (Wildman–Crippen MR) is 68.5 cm³/mol. The van der Waals surface area contributed by atoms with Crippen LogP contribution < -0.4 is 5.73 Å². The van der Waals surface area contributed by atoms with E-state index < -0.39 is 0 Å². The Hall–Kier alpha value is -0.450. The van der Waals surface area contributed by atoms with Crippen LogP contribution in [0.5, 0.6) is 0 Å². The molecule has 16 heavy (non-hydrogen) atoms. The van der Waals surface area contributed by atoms with Gasteiger partial charge in [-0.05, 0) is 25.3 Å². The third kappa shape index (κ3) is 2.62. The van der Waals surface area contributed by atoms with E-state index in [1.807, 2.05) is 5.51 Å². The van der Waals surface area contributed by atoms with Gasteiger partial charge in [0.25, 0.3) is 0 Å². The summed E-state index contributed by atoms with van der Waals surface area (Å²) in [6, 6.07) is 0.581. The Bertz CT molecular complexity index is 310. The molecule has 2 heterocycles. The molecule has 0 amide bonds. The van der Waals surface area contributed by atoms with Crippen molar-refractivity contribution < 1.29 is 0 Å². The molecule has 2 atom stereocenters. The van der Waals surface area contributed by atoms with Gasteiger partial charge in [-0.3, -0.25) is 4.90 Å². The van der Waals surface area contributed by atoms with Gasteiger partial charge in [0.05, 0.1) is 17.2 Å². The first-order valence-corrected chi connectivity index (χ1v) is 7.00. The molecular formula is C12H21N3S. The maximum Gasteiger partial charge on any atom is 0.0795 e. The van der Waals surface area contributed by atoms with Crippen molar-refractivity contribution in [2.24, 2.45) is 11.7 Å². The van der Waals surface area contributed by atoms with Crippen LogP contribution in [0.2, 0.25) is 0 Å². The van der Waals surface area contributed by atoms with Gasteiger partial charge < -0.3 is 5.73 Å². The largest absolute Gasteiger partial charge is 0.326 e. The summed E-state index contributed by atoms with van der Waals surface area (Å²) >= 11 is 1.66. The van der Waals surface area contributed by atoms with Crippen molar-refractivity contribution in [3.05, 3.63) is 16.6 Å². The highest BCUT2D eigenvalue weighted by Crippen LogP contribution is 2.30. The fraction of sp³-hybridized carbons (Fsp3) is 0.750. The minimum absolute atomic E-state index is 0.245. The molecule has 90 valence electrons. The minimum Gasteiger partial charge on any atom is -0.326 e. The summed E-state index contributed by atoms with van der Waals surface area (Å²) < 4.78 is 0. The number of likely N-dealkylation sites (tertiary alicyclic amines) is 1. The van der Waals surface area contributed by atoms with Crippen molar-refractivity contribution in [1.29, 1.82) is 0 Å². The van der Waals surface area contributed by atoms with E-state index in [-0.39, 0.29) is 6.04 Å². The molecule has 2 unspecified atom stereocenters. The minimum atomic E-state index is 0.245. The molecule has 0 radical (unpaired) electrons. The van der Waals surface area contributed by atoms with Gasteiger partial charge in [-0.25, -0.2) is 4.98 Å². The average Bonchev–Trinajstić information content (AvgIpc) is 2.69. The Kier molecular flexibility index (Phi) is 3.95. The van der Waals surface area contributed by atoms with Crippen molar-refractivity contribution in [3.63, 3.8) is 0 Å². The molecule has 4 heteroatoms. The highest BCUT2D eigenvalue weighted by molar-refractivity contribution is 7.07. The molecule has 0 bridgehead atoms. The Labute approximate surface area is 102 Å². The smallest absolute Gasteiger partial charge is 0.0795 e. The van der Waals surface area contributed by atoms with Crippen LogP contribution in [0.4, 0.5) is 0 Å². The number of rotatable bonds is 3. The number of hydrogen-bond donors (Lipinski definition) is 1. The fourth-order valence-electron chi connectivity index (χ4n) is 2.55. The number of aromatic nitrogens is 1. The maximum absolute atomic E-state index is 6.26. The zero-order valence-electron chi connectivity index (χ0n) is 10.1. The molecule has 2 N–H and O–H groups in total.